The van der Waals surface area contributed by atoms with E-state index in [0.717, 1.165) is 16.2 Å². The molecule has 2 N–H and O–H groups in total. The van der Waals surface area contributed by atoms with E-state index < -0.39 is 10.8 Å². The van der Waals surface area contributed by atoms with Gasteiger partial charge in [0.15, 0.2) is 0 Å². The number of methoxy groups -OCH3 is 1. The third-order valence-corrected chi connectivity index (χ3v) is 4.40. The number of hydrogen-bond donors (Lipinski definition) is 2. The van der Waals surface area contributed by atoms with E-state index in [4.69, 9.17) is 16.3 Å². The zero-order valence-corrected chi connectivity index (χ0v) is 15.5. The minimum atomic E-state index is -0.610. The minimum Gasteiger partial charge on any atom is -0.496 e. The number of nitrogens with one attached hydrogen (secondary N) is 2. The second-order valence-electron chi connectivity index (χ2n) is 6.01. The van der Waals surface area contributed by atoms with E-state index in [1.54, 1.807) is 7.11 Å². The van der Waals surface area contributed by atoms with Crippen LogP contribution in [0.4, 0.5) is 5.69 Å². The van der Waals surface area contributed by atoms with Crippen LogP contribution in [0.3, 0.4) is 0 Å². The molecule has 0 saturated heterocycles. The first kappa shape index (κ1) is 19.7. The second kappa shape index (κ2) is 8.64. The molecule has 2 aromatic rings. The van der Waals surface area contributed by atoms with Crippen LogP contribution in [-0.2, 0) is 0 Å². The average molecular weight is 379 g/mol. The monoisotopic (exact) mass is 378 g/mol. The summed E-state index contributed by atoms with van der Waals surface area (Å²) in [7, 11) is 5.57. The van der Waals surface area contributed by atoms with Gasteiger partial charge in [-0.2, -0.15) is 0 Å². The van der Waals surface area contributed by atoms with Gasteiger partial charge in [0.05, 0.1) is 38.2 Å². The number of benzene rings is 2. The average Bonchev–Trinajstić information content (AvgIpc) is 2.61. The fraction of sp³-hybridized carbons (Fsp3) is 0.278. The molecule has 0 heterocycles. The molecule has 138 valence electrons. The van der Waals surface area contributed by atoms with Crippen LogP contribution in [-0.4, -0.2) is 38.6 Å². The van der Waals surface area contributed by atoms with Crippen molar-refractivity contribution in [1.82, 2.24) is 5.32 Å². The Balaban J connectivity index is 2.18. The number of halogens is 1. The van der Waals surface area contributed by atoms with Gasteiger partial charge in [-0.1, -0.05) is 23.7 Å². The molecule has 1 atom stereocenters. The van der Waals surface area contributed by atoms with Crippen LogP contribution in [0.15, 0.2) is 42.5 Å². The Morgan fingerprint density at radius 2 is 2.00 bits per heavy atom. The van der Waals surface area contributed by atoms with Gasteiger partial charge in [0.1, 0.15) is 16.8 Å². The first-order chi connectivity index (χ1) is 12.3. The molecule has 26 heavy (non-hydrogen) atoms. The summed E-state index contributed by atoms with van der Waals surface area (Å²) in [5.41, 5.74) is 0.866. The molecule has 0 aromatic heterocycles. The van der Waals surface area contributed by atoms with Crippen molar-refractivity contribution in [3.8, 4) is 5.75 Å². The van der Waals surface area contributed by atoms with Crippen molar-refractivity contribution < 1.29 is 19.4 Å². The lowest BCUT2D eigenvalue weighted by Gasteiger charge is -2.23. The summed E-state index contributed by atoms with van der Waals surface area (Å²) in [6.45, 7) is 0.345. The highest BCUT2D eigenvalue weighted by atomic mass is 35.5. The fourth-order valence-electron chi connectivity index (χ4n) is 2.67. The number of quaternary nitrogens is 1. The lowest BCUT2D eigenvalue weighted by Crippen LogP contribution is -3.07. The molecule has 2 rings (SSSR count). The van der Waals surface area contributed by atoms with E-state index in [9.17, 15) is 14.9 Å². The van der Waals surface area contributed by atoms with Crippen LogP contribution in [0.5, 0.6) is 5.75 Å². The van der Waals surface area contributed by atoms with E-state index in [0.29, 0.717) is 6.54 Å². The first-order valence-electron chi connectivity index (χ1n) is 8.00. The van der Waals surface area contributed by atoms with Crippen LogP contribution >= 0.6 is 11.6 Å². The molecule has 0 unspecified atom stereocenters. The normalized spacial score (nSPS) is 11.9. The van der Waals surface area contributed by atoms with E-state index in [1.807, 2.05) is 38.4 Å². The topological polar surface area (TPSA) is 85.9 Å². The molecule has 2 aromatic carbocycles. The lowest BCUT2D eigenvalue weighted by molar-refractivity contribution is -0.890. The first-order valence-corrected chi connectivity index (χ1v) is 8.38. The number of nitro groups is 1. The van der Waals surface area contributed by atoms with Gasteiger partial charge in [0.2, 0.25) is 0 Å². The molecule has 0 aliphatic carbocycles. The quantitative estimate of drug-likeness (QED) is 0.569. The maximum Gasteiger partial charge on any atom is 0.288 e. The Bertz CT molecular complexity index is 811. The van der Waals surface area contributed by atoms with Crippen molar-refractivity contribution in [3.05, 3.63) is 68.7 Å². The lowest BCUT2D eigenvalue weighted by atomic mass is 10.0. The largest absolute Gasteiger partial charge is 0.496 e. The van der Waals surface area contributed by atoms with Crippen LogP contribution < -0.4 is 15.0 Å². The van der Waals surface area contributed by atoms with Crippen molar-refractivity contribution in [3.63, 3.8) is 0 Å². The Kier molecular flexibility index (Phi) is 6.54. The van der Waals surface area contributed by atoms with Crippen molar-refractivity contribution in [2.45, 2.75) is 6.04 Å². The molecule has 0 saturated carbocycles. The van der Waals surface area contributed by atoms with Gasteiger partial charge in [-0.25, -0.2) is 0 Å². The molecule has 0 radical (unpaired) electrons. The van der Waals surface area contributed by atoms with Crippen molar-refractivity contribution in [2.24, 2.45) is 0 Å². The number of amides is 1. The number of nitrogens with zero attached hydrogens (tertiary/aromatic N) is 1. The molecule has 0 bridgehead atoms. The summed E-state index contributed by atoms with van der Waals surface area (Å²) in [6, 6.07) is 11.6. The number of hydrogen-bond acceptors (Lipinski definition) is 4. The van der Waals surface area contributed by atoms with Crippen LogP contribution in [0, 0.1) is 10.1 Å². The van der Waals surface area contributed by atoms with Gasteiger partial charge in [-0.3, -0.25) is 14.9 Å². The number of carbonyl (C=O) groups excluding carboxylic acids is 1. The van der Waals surface area contributed by atoms with Crippen LogP contribution in [0.25, 0.3) is 0 Å². The van der Waals surface area contributed by atoms with Gasteiger partial charge in [0.25, 0.3) is 11.6 Å². The number of ether oxygens (including phenoxy) is 1. The molecule has 1 amide bonds. The highest BCUT2D eigenvalue weighted by Gasteiger charge is 2.23. The van der Waals surface area contributed by atoms with Crippen molar-refractivity contribution in [1.29, 1.82) is 0 Å². The van der Waals surface area contributed by atoms with E-state index >= 15 is 0 Å². The maximum absolute atomic E-state index is 12.4. The molecule has 0 aliphatic rings. The molecule has 0 spiro atoms. The maximum atomic E-state index is 12.4. The second-order valence-corrected chi connectivity index (χ2v) is 6.41. The zero-order valence-electron chi connectivity index (χ0n) is 14.8. The summed E-state index contributed by atoms with van der Waals surface area (Å²) in [6.07, 6.45) is 0. The number of nitro benzene ring substituents is 1. The van der Waals surface area contributed by atoms with Crippen molar-refractivity contribution >= 4 is 23.2 Å². The molecular weight excluding hydrogens is 358 g/mol. The zero-order chi connectivity index (χ0) is 19.3. The molecule has 0 fully saturated rings. The minimum absolute atomic E-state index is 0.00353. The van der Waals surface area contributed by atoms with Crippen LogP contribution in [0.1, 0.15) is 22.0 Å². The number of carbonyl (C=O) groups is 1. The Morgan fingerprint density at radius 3 is 2.62 bits per heavy atom. The summed E-state index contributed by atoms with van der Waals surface area (Å²) in [4.78, 5) is 23.9. The van der Waals surface area contributed by atoms with Gasteiger partial charge >= 0.3 is 0 Å². The van der Waals surface area contributed by atoms with Gasteiger partial charge in [-0.15, -0.1) is 0 Å². The third kappa shape index (κ3) is 4.50. The van der Waals surface area contributed by atoms with Gasteiger partial charge in [-0.05, 0) is 24.3 Å². The van der Waals surface area contributed by atoms with Crippen molar-refractivity contribution in [2.75, 3.05) is 27.7 Å². The molecule has 8 heteroatoms. The van der Waals surface area contributed by atoms with E-state index in [2.05, 4.69) is 5.32 Å². The SMILES string of the molecule is COc1ccccc1[C@@H](CNC(=O)c1ccc(Cl)c([N+](=O)[O-])c1)[NH+](C)C. The highest BCUT2D eigenvalue weighted by molar-refractivity contribution is 6.32. The van der Waals surface area contributed by atoms with Gasteiger partial charge in [0, 0.05) is 11.6 Å². The molecule has 7 nitrogen and oxygen atoms in total. The Morgan fingerprint density at radius 1 is 1.31 bits per heavy atom. The van der Waals surface area contributed by atoms with Gasteiger partial charge < -0.3 is 15.0 Å². The summed E-state index contributed by atoms with van der Waals surface area (Å²) in [5.74, 6) is 0.348. The fourth-order valence-corrected chi connectivity index (χ4v) is 2.86. The van der Waals surface area contributed by atoms with E-state index in [1.165, 1.54) is 18.2 Å². The summed E-state index contributed by atoms with van der Waals surface area (Å²) < 4.78 is 5.41. The number of para-hydroxylation sites is 1. The predicted octanol–water partition coefficient (Wildman–Crippen LogP) is 1.87. The molecule has 0 aliphatic heterocycles. The standard InChI is InChI=1S/C18H20ClN3O4/c1-21(2)16(13-6-4-5-7-17(13)26-3)11-20-18(23)12-8-9-14(19)15(10-12)22(24)25/h4-10,16H,11H2,1-3H3,(H,20,23)/p+1/t16-/m1/s1. The van der Waals surface area contributed by atoms with Crippen LogP contribution in [0.2, 0.25) is 5.02 Å². The molecular formula is C18H21ClN3O4+. The number of rotatable bonds is 7. The van der Waals surface area contributed by atoms with E-state index in [-0.39, 0.29) is 22.3 Å². The Labute approximate surface area is 156 Å². The predicted molar refractivity (Wildman–Crippen MR) is 99.0 cm³/mol. The summed E-state index contributed by atoms with van der Waals surface area (Å²) in [5, 5.41) is 13.8. The smallest absolute Gasteiger partial charge is 0.288 e. The summed E-state index contributed by atoms with van der Waals surface area (Å²) >= 11 is 5.79. The highest BCUT2D eigenvalue weighted by Crippen LogP contribution is 2.25. The third-order valence-electron chi connectivity index (χ3n) is 4.08. The number of likely N-dealkylation sites (N-methyl/N-ethyl adjacent to an activating group) is 1. The Hall–Kier alpha value is -2.64.